The first kappa shape index (κ1) is 18.7. The van der Waals surface area contributed by atoms with E-state index < -0.39 is 11.0 Å². The quantitative estimate of drug-likeness (QED) is 0.299. The number of nitrogens with two attached hydrogens (primary N) is 1. The van der Waals surface area contributed by atoms with Gasteiger partial charge in [0.15, 0.2) is 0 Å². The van der Waals surface area contributed by atoms with Crippen LogP contribution in [0.3, 0.4) is 0 Å². The van der Waals surface area contributed by atoms with E-state index in [1.807, 2.05) is 0 Å². The molecule has 0 atom stereocenters. The summed E-state index contributed by atoms with van der Waals surface area (Å²) in [5.41, 5.74) is 8.10. The van der Waals surface area contributed by atoms with Crippen molar-refractivity contribution in [2.24, 2.45) is 0 Å². The van der Waals surface area contributed by atoms with Crippen molar-refractivity contribution >= 4 is 23.5 Å². The topological polar surface area (TPSA) is 141 Å². The van der Waals surface area contributed by atoms with Crippen LogP contribution in [0.25, 0.3) is 17.2 Å². The Bertz CT molecular complexity index is 851. The molecule has 0 unspecified atom stereocenters. The maximum Gasteiger partial charge on any atom is 0.404 e. The largest absolute Gasteiger partial charge is 0.481 e. The second-order valence-electron chi connectivity index (χ2n) is 5.27. The number of methoxy groups -OCH3 is 1. The van der Waals surface area contributed by atoms with Gasteiger partial charge < -0.3 is 20.9 Å². The van der Waals surface area contributed by atoms with Gasteiger partial charge in [-0.25, -0.2) is 9.78 Å². The summed E-state index contributed by atoms with van der Waals surface area (Å²) in [5.74, 6) is 0.400. The summed E-state index contributed by atoms with van der Waals surface area (Å²) in [6.45, 7) is 0.288. The molecule has 0 aliphatic rings. The number of pyridine rings is 1. The van der Waals surface area contributed by atoms with E-state index in [0.717, 1.165) is 0 Å². The van der Waals surface area contributed by atoms with Gasteiger partial charge in [-0.1, -0.05) is 12.2 Å². The van der Waals surface area contributed by atoms with E-state index >= 15 is 0 Å². The highest BCUT2D eigenvalue weighted by Gasteiger charge is 2.12. The standard InChI is InChI=1S/C17H18N4O5/c1-26-16-11(4-2-3-7-19-17(22)23)8-12(10-20-16)14-6-5-13(21(24)25)9-15(14)18/h2,4-6,8-10,19H,3,7,18H2,1H3,(H,22,23). The van der Waals surface area contributed by atoms with E-state index in [9.17, 15) is 14.9 Å². The highest BCUT2D eigenvalue weighted by Crippen LogP contribution is 2.31. The predicted octanol–water partition coefficient (Wildman–Crippen LogP) is 2.92. The third-order valence-electron chi connectivity index (χ3n) is 3.51. The van der Waals surface area contributed by atoms with Gasteiger partial charge in [0.2, 0.25) is 5.88 Å². The minimum Gasteiger partial charge on any atom is -0.481 e. The summed E-state index contributed by atoms with van der Waals surface area (Å²) < 4.78 is 5.22. The molecule has 1 aromatic heterocycles. The van der Waals surface area contributed by atoms with E-state index in [0.29, 0.717) is 29.0 Å². The Kier molecular flexibility index (Phi) is 6.10. The molecule has 2 rings (SSSR count). The van der Waals surface area contributed by atoms with E-state index in [1.54, 1.807) is 30.5 Å². The van der Waals surface area contributed by atoms with Gasteiger partial charge in [0, 0.05) is 47.3 Å². The van der Waals surface area contributed by atoms with Crippen LogP contribution in [-0.4, -0.2) is 34.8 Å². The van der Waals surface area contributed by atoms with Crippen LogP contribution in [0, 0.1) is 10.1 Å². The Morgan fingerprint density at radius 1 is 1.46 bits per heavy atom. The fraction of sp³-hybridized carbons (Fsp3) is 0.176. The molecule has 0 fully saturated rings. The highest BCUT2D eigenvalue weighted by atomic mass is 16.6. The van der Waals surface area contributed by atoms with Crippen molar-refractivity contribution in [2.45, 2.75) is 6.42 Å². The molecule has 0 bridgehead atoms. The Morgan fingerprint density at radius 3 is 2.85 bits per heavy atom. The summed E-state index contributed by atoms with van der Waals surface area (Å²) in [4.78, 5) is 25.0. The number of carbonyl (C=O) groups is 1. The van der Waals surface area contributed by atoms with Crippen molar-refractivity contribution in [3.05, 3.63) is 52.2 Å². The molecule has 0 radical (unpaired) electrons. The zero-order valence-electron chi connectivity index (χ0n) is 14.0. The fourth-order valence-electron chi connectivity index (χ4n) is 2.31. The Balaban J connectivity index is 2.27. The van der Waals surface area contributed by atoms with E-state index in [4.69, 9.17) is 15.6 Å². The van der Waals surface area contributed by atoms with E-state index in [-0.39, 0.29) is 17.9 Å². The van der Waals surface area contributed by atoms with Gasteiger partial charge in [-0.15, -0.1) is 0 Å². The molecular formula is C17H18N4O5. The molecule has 0 saturated carbocycles. The predicted molar refractivity (Wildman–Crippen MR) is 97.0 cm³/mol. The molecule has 1 heterocycles. The lowest BCUT2D eigenvalue weighted by molar-refractivity contribution is -0.384. The number of nitrogens with zero attached hydrogens (tertiary/aromatic N) is 2. The van der Waals surface area contributed by atoms with Gasteiger partial charge in [-0.2, -0.15) is 0 Å². The number of ether oxygens (including phenoxy) is 1. The first-order valence-corrected chi connectivity index (χ1v) is 7.64. The molecule has 9 heteroatoms. The zero-order chi connectivity index (χ0) is 19.1. The molecule has 9 nitrogen and oxygen atoms in total. The summed E-state index contributed by atoms with van der Waals surface area (Å²) in [7, 11) is 1.49. The lowest BCUT2D eigenvalue weighted by Crippen LogP contribution is -2.21. The number of benzene rings is 1. The van der Waals surface area contributed by atoms with Gasteiger partial charge in [0.25, 0.3) is 5.69 Å². The number of nitro benzene ring substituents is 1. The van der Waals surface area contributed by atoms with Crippen molar-refractivity contribution in [1.82, 2.24) is 10.3 Å². The summed E-state index contributed by atoms with van der Waals surface area (Å²) in [6.07, 6.45) is 4.55. The van der Waals surface area contributed by atoms with Crippen LogP contribution < -0.4 is 15.8 Å². The summed E-state index contributed by atoms with van der Waals surface area (Å²) in [6, 6.07) is 6.04. The third-order valence-corrected chi connectivity index (χ3v) is 3.51. The van der Waals surface area contributed by atoms with Crippen LogP contribution in [0.2, 0.25) is 0 Å². The maximum absolute atomic E-state index is 10.8. The number of carboxylic acid groups (broad SMARTS) is 1. The molecule has 26 heavy (non-hydrogen) atoms. The molecule has 0 saturated heterocycles. The first-order chi connectivity index (χ1) is 12.4. The van der Waals surface area contributed by atoms with Crippen LogP contribution in [-0.2, 0) is 0 Å². The molecular weight excluding hydrogens is 340 g/mol. The summed E-state index contributed by atoms with van der Waals surface area (Å²) >= 11 is 0. The number of anilines is 1. The lowest BCUT2D eigenvalue weighted by Gasteiger charge is -2.09. The van der Waals surface area contributed by atoms with E-state index in [2.05, 4.69) is 10.3 Å². The number of hydrogen-bond donors (Lipinski definition) is 3. The van der Waals surface area contributed by atoms with Crippen molar-refractivity contribution in [3.8, 4) is 17.0 Å². The Morgan fingerprint density at radius 2 is 2.23 bits per heavy atom. The van der Waals surface area contributed by atoms with Crippen LogP contribution in [0.4, 0.5) is 16.2 Å². The number of nitrogens with one attached hydrogen (secondary N) is 1. The average Bonchev–Trinajstić information content (AvgIpc) is 2.60. The molecule has 1 amide bonds. The number of amides is 1. The molecule has 0 aliphatic heterocycles. The van der Waals surface area contributed by atoms with Gasteiger partial charge in [0.05, 0.1) is 12.0 Å². The summed E-state index contributed by atoms with van der Waals surface area (Å²) in [5, 5.41) is 21.6. The van der Waals surface area contributed by atoms with Crippen LogP contribution in [0.1, 0.15) is 12.0 Å². The number of hydrogen-bond acceptors (Lipinski definition) is 6. The van der Waals surface area contributed by atoms with Crippen molar-refractivity contribution in [2.75, 3.05) is 19.4 Å². The second kappa shape index (κ2) is 8.47. The fourth-order valence-corrected chi connectivity index (χ4v) is 2.31. The monoisotopic (exact) mass is 358 g/mol. The van der Waals surface area contributed by atoms with Crippen LogP contribution >= 0.6 is 0 Å². The van der Waals surface area contributed by atoms with Crippen LogP contribution in [0.15, 0.2) is 36.5 Å². The Hall–Kier alpha value is -3.62. The first-order valence-electron chi connectivity index (χ1n) is 7.64. The van der Waals surface area contributed by atoms with Crippen LogP contribution in [0.5, 0.6) is 5.88 Å². The minimum atomic E-state index is -1.08. The molecule has 4 N–H and O–H groups in total. The van der Waals surface area contributed by atoms with Crippen molar-refractivity contribution in [1.29, 1.82) is 0 Å². The normalized spacial score (nSPS) is 10.7. The van der Waals surface area contributed by atoms with Gasteiger partial charge >= 0.3 is 6.09 Å². The van der Waals surface area contributed by atoms with Gasteiger partial charge in [-0.3, -0.25) is 10.1 Å². The number of rotatable bonds is 7. The molecule has 2 aromatic rings. The molecule has 1 aromatic carbocycles. The Labute approximate surface area is 149 Å². The molecule has 136 valence electrons. The average molecular weight is 358 g/mol. The zero-order valence-corrected chi connectivity index (χ0v) is 14.0. The number of nitro groups is 1. The third kappa shape index (κ3) is 4.69. The number of nitrogen functional groups attached to an aromatic ring is 1. The highest BCUT2D eigenvalue weighted by molar-refractivity contribution is 5.79. The van der Waals surface area contributed by atoms with Gasteiger partial charge in [0.1, 0.15) is 0 Å². The number of non-ortho nitro benzene ring substituents is 1. The van der Waals surface area contributed by atoms with E-state index in [1.165, 1.54) is 19.2 Å². The SMILES string of the molecule is COc1ncc(-c2ccc([N+](=O)[O-])cc2N)cc1C=CCCNC(=O)O. The number of aromatic nitrogens is 1. The maximum atomic E-state index is 10.8. The molecule has 0 aliphatic carbocycles. The smallest absolute Gasteiger partial charge is 0.404 e. The van der Waals surface area contributed by atoms with Crippen molar-refractivity contribution < 1.29 is 19.6 Å². The molecule has 0 spiro atoms. The van der Waals surface area contributed by atoms with Gasteiger partial charge in [-0.05, 0) is 18.6 Å². The minimum absolute atomic E-state index is 0.0845. The lowest BCUT2D eigenvalue weighted by atomic mass is 10.0. The van der Waals surface area contributed by atoms with Crippen molar-refractivity contribution in [3.63, 3.8) is 0 Å². The second-order valence-corrected chi connectivity index (χ2v) is 5.27.